The SMILES string of the molecule is Cc1ccc(C(C)n2nnc3ccc(C(=O)O)cc32)cc1. The fraction of sp³-hybridized carbons (Fsp3) is 0.188. The highest BCUT2D eigenvalue weighted by atomic mass is 16.4. The van der Waals surface area contributed by atoms with E-state index < -0.39 is 5.97 Å². The average Bonchev–Trinajstić information content (AvgIpc) is 2.90. The number of fused-ring (bicyclic) bond motifs is 1. The molecule has 0 amide bonds. The zero-order valence-electron chi connectivity index (χ0n) is 11.8. The zero-order valence-corrected chi connectivity index (χ0v) is 11.8. The van der Waals surface area contributed by atoms with Crippen LogP contribution in [0.4, 0.5) is 0 Å². The number of aromatic carboxylic acids is 1. The molecule has 0 aliphatic heterocycles. The van der Waals surface area contributed by atoms with Crippen molar-refractivity contribution in [2.45, 2.75) is 19.9 Å². The first-order chi connectivity index (χ1) is 10.1. The van der Waals surface area contributed by atoms with Gasteiger partial charge in [-0.15, -0.1) is 5.10 Å². The van der Waals surface area contributed by atoms with Gasteiger partial charge < -0.3 is 5.11 Å². The summed E-state index contributed by atoms with van der Waals surface area (Å²) in [6, 6.07) is 13.0. The molecule has 1 N–H and O–H groups in total. The lowest BCUT2D eigenvalue weighted by Gasteiger charge is -2.13. The van der Waals surface area contributed by atoms with Gasteiger partial charge in [-0.1, -0.05) is 35.0 Å². The van der Waals surface area contributed by atoms with Crippen molar-refractivity contribution in [2.24, 2.45) is 0 Å². The van der Waals surface area contributed by atoms with Gasteiger partial charge in [-0.05, 0) is 37.6 Å². The molecule has 1 heterocycles. The second kappa shape index (κ2) is 5.01. The molecule has 1 aromatic heterocycles. The van der Waals surface area contributed by atoms with Crippen molar-refractivity contribution < 1.29 is 9.90 Å². The lowest BCUT2D eigenvalue weighted by Crippen LogP contribution is -2.09. The van der Waals surface area contributed by atoms with Gasteiger partial charge in [0, 0.05) is 0 Å². The summed E-state index contributed by atoms with van der Waals surface area (Å²) in [4.78, 5) is 11.1. The minimum absolute atomic E-state index is 0.0142. The third-order valence-corrected chi connectivity index (χ3v) is 3.64. The first-order valence-corrected chi connectivity index (χ1v) is 6.71. The lowest BCUT2D eigenvalue weighted by atomic mass is 10.1. The molecule has 3 aromatic rings. The third-order valence-electron chi connectivity index (χ3n) is 3.64. The van der Waals surface area contributed by atoms with Gasteiger partial charge in [-0.2, -0.15) is 0 Å². The number of aryl methyl sites for hydroxylation is 1. The van der Waals surface area contributed by atoms with Crippen LogP contribution in [0, 0.1) is 6.92 Å². The number of carboxylic acid groups (broad SMARTS) is 1. The van der Waals surface area contributed by atoms with Gasteiger partial charge in [0.15, 0.2) is 0 Å². The fourth-order valence-electron chi connectivity index (χ4n) is 2.34. The molecule has 0 spiro atoms. The number of aromatic nitrogens is 3. The summed E-state index contributed by atoms with van der Waals surface area (Å²) in [7, 11) is 0. The fourth-order valence-corrected chi connectivity index (χ4v) is 2.34. The Hall–Kier alpha value is -2.69. The van der Waals surface area contributed by atoms with Crippen LogP contribution in [-0.4, -0.2) is 26.1 Å². The van der Waals surface area contributed by atoms with E-state index in [1.165, 1.54) is 5.56 Å². The summed E-state index contributed by atoms with van der Waals surface area (Å²) in [6.07, 6.45) is 0. The highest BCUT2D eigenvalue weighted by Crippen LogP contribution is 2.23. The average molecular weight is 281 g/mol. The van der Waals surface area contributed by atoms with Gasteiger partial charge >= 0.3 is 5.97 Å². The van der Waals surface area contributed by atoms with Crippen LogP contribution >= 0.6 is 0 Å². The Balaban J connectivity index is 2.09. The third kappa shape index (κ3) is 2.38. The van der Waals surface area contributed by atoms with Crippen molar-refractivity contribution >= 4 is 17.0 Å². The number of rotatable bonds is 3. The summed E-state index contributed by atoms with van der Waals surface area (Å²) in [6.45, 7) is 4.06. The summed E-state index contributed by atoms with van der Waals surface area (Å²) in [5, 5.41) is 17.4. The van der Waals surface area contributed by atoms with Crippen LogP contribution in [0.15, 0.2) is 42.5 Å². The Kier molecular flexibility index (Phi) is 3.17. The predicted octanol–water partition coefficient (Wildman–Crippen LogP) is 3.05. The van der Waals surface area contributed by atoms with Crippen molar-refractivity contribution in [1.82, 2.24) is 15.0 Å². The van der Waals surface area contributed by atoms with Crippen LogP contribution in [0.5, 0.6) is 0 Å². The van der Waals surface area contributed by atoms with Crippen molar-refractivity contribution in [3.05, 3.63) is 59.2 Å². The molecule has 0 aliphatic carbocycles. The van der Waals surface area contributed by atoms with Crippen molar-refractivity contribution in [2.75, 3.05) is 0 Å². The van der Waals surface area contributed by atoms with Crippen LogP contribution in [0.2, 0.25) is 0 Å². The minimum Gasteiger partial charge on any atom is -0.478 e. The Morgan fingerprint density at radius 1 is 1.19 bits per heavy atom. The molecule has 1 unspecified atom stereocenters. The summed E-state index contributed by atoms with van der Waals surface area (Å²) in [5.41, 5.74) is 3.96. The van der Waals surface area contributed by atoms with Crippen LogP contribution in [0.1, 0.15) is 34.5 Å². The van der Waals surface area contributed by atoms with Crippen LogP contribution in [-0.2, 0) is 0 Å². The highest BCUT2D eigenvalue weighted by Gasteiger charge is 2.15. The molecule has 106 valence electrons. The van der Waals surface area contributed by atoms with E-state index in [1.54, 1.807) is 22.9 Å². The zero-order chi connectivity index (χ0) is 15.0. The quantitative estimate of drug-likeness (QED) is 0.801. The molecular weight excluding hydrogens is 266 g/mol. The summed E-state index contributed by atoms with van der Waals surface area (Å²) >= 11 is 0. The first kappa shape index (κ1) is 13.3. The molecule has 0 saturated carbocycles. The second-order valence-corrected chi connectivity index (χ2v) is 5.13. The van der Waals surface area contributed by atoms with Gasteiger partial charge in [0.05, 0.1) is 17.1 Å². The van der Waals surface area contributed by atoms with E-state index in [2.05, 4.69) is 22.4 Å². The van der Waals surface area contributed by atoms with E-state index in [0.29, 0.717) is 5.52 Å². The molecular formula is C16H15N3O2. The van der Waals surface area contributed by atoms with E-state index in [-0.39, 0.29) is 11.6 Å². The molecule has 5 heteroatoms. The monoisotopic (exact) mass is 281 g/mol. The predicted molar refractivity (Wildman–Crippen MR) is 79.5 cm³/mol. The summed E-state index contributed by atoms with van der Waals surface area (Å²) < 4.78 is 1.76. The molecule has 0 saturated heterocycles. The minimum atomic E-state index is -0.951. The van der Waals surface area contributed by atoms with Gasteiger partial charge in [-0.3, -0.25) is 0 Å². The maximum Gasteiger partial charge on any atom is 0.335 e. The number of nitrogens with zero attached hydrogens (tertiary/aromatic N) is 3. The molecule has 21 heavy (non-hydrogen) atoms. The Labute approximate surface area is 121 Å². The number of benzene rings is 2. The Morgan fingerprint density at radius 2 is 1.90 bits per heavy atom. The normalized spacial score (nSPS) is 12.5. The van der Waals surface area contributed by atoms with Crippen molar-refractivity contribution in [1.29, 1.82) is 0 Å². The van der Waals surface area contributed by atoms with Crippen LogP contribution < -0.4 is 0 Å². The molecule has 5 nitrogen and oxygen atoms in total. The van der Waals surface area contributed by atoms with Crippen LogP contribution in [0.25, 0.3) is 11.0 Å². The van der Waals surface area contributed by atoms with Crippen LogP contribution in [0.3, 0.4) is 0 Å². The number of carbonyl (C=O) groups is 1. The topological polar surface area (TPSA) is 68.0 Å². The Morgan fingerprint density at radius 3 is 2.57 bits per heavy atom. The first-order valence-electron chi connectivity index (χ1n) is 6.71. The maximum atomic E-state index is 11.1. The van der Waals surface area contributed by atoms with Gasteiger partial charge in [-0.25, -0.2) is 9.48 Å². The summed E-state index contributed by atoms with van der Waals surface area (Å²) in [5.74, 6) is -0.951. The molecule has 0 radical (unpaired) electrons. The standard InChI is InChI=1S/C16H15N3O2/c1-10-3-5-12(6-4-10)11(2)19-15-9-13(16(20)21)7-8-14(15)17-18-19/h3-9,11H,1-2H3,(H,20,21). The second-order valence-electron chi connectivity index (χ2n) is 5.13. The molecule has 0 bridgehead atoms. The van der Waals surface area contributed by atoms with Crippen molar-refractivity contribution in [3.63, 3.8) is 0 Å². The number of hydrogen-bond donors (Lipinski definition) is 1. The molecule has 0 fully saturated rings. The molecule has 3 rings (SSSR count). The lowest BCUT2D eigenvalue weighted by molar-refractivity contribution is 0.0697. The van der Waals surface area contributed by atoms with E-state index in [4.69, 9.17) is 5.11 Å². The maximum absolute atomic E-state index is 11.1. The van der Waals surface area contributed by atoms with Gasteiger partial charge in [0.2, 0.25) is 0 Å². The smallest absolute Gasteiger partial charge is 0.335 e. The molecule has 0 aliphatic rings. The van der Waals surface area contributed by atoms with E-state index in [1.807, 2.05) is 26.0 Å². The number of hydrogen-bond acceptors (Lipinski definition) is 3. The Bertz CT molecular complexity index is 806. The van der Waals surface area contributed by atoms with E-state index in [0.717, 1.165) is 11.1 Å². The van der Waals surface area contributed by atoms with Crippen molar-refractivity contribution in [3.8, 4) is 0 Å². The molecule has 2 aromatic carbocycles. The van der Waals surface area contributed by atoms with Gasteiger partial charge in [0.1, 0.15) is 5.52 Å². The van der Waals surface area contributed by atoms with Gasteiger partial charge in [0.25, 0.3) is 0 Å². The van der Waals surface area contributed by atoms with E-state index in [9.17, 15) is 4.79 Å². The van der Waals surface area contributed by atoms with E-state index >= 15 is 0 Å². The molecule has 1 atom stereocenters. The largest absolute Gasteiger partial charge is 0.478 e. The number of carboxylic acids is 1. The highest BCUT2D eigenvalue weighted by molar-refractivity contribution is 5.92.